The Bertz CT molecular complexity index is 734. The van der Waals surface area contributed by atoms with Crippen molar-refractivity contribution in [2.45, 2.75) is 0 Å². The molecule has 0 aromatic heterocycles. The first kappa shape index (κ1) is 15.3. The molecule has 2 aromatic rings. The van der Waals surface area contributed by atoms with Crippen LogP contribution in [0, 0.1) is 0 Å². The van der Waals surface area contributed by atoms with Crippen molar-refractivity contribution in [3.8, 4) is 0 Å². The lowest BCUT2D eigenvalue weighted by molar-refractivity contribution is 0.0996. The van der Waals surface area contributed by atoms with Crippen LogP contribution < -0.4 is 16.8 Å². The van der Waals surface area contributed by atoms with Crippen LogP contribution in [0.25, 0.3) is 0 Å². The molecule has 5 nitrogen and oxygen atoms in total. The summed E-state index contributed by atoms with van der Waals surface area (Å²) in [6, 6.07) is 9.39. The first-order valence-corrected chi connectivity index (χ1v) is 7.01. The molecule has 2 rings (SSSR count). The molecule has 2 aromatic carbocycles. The molecule has 0 aliphatic carbocycles. The Labute approximate surface area is 134 Å². The van der Waals surface area contributed by atoms with Crippen LogP contribution in [0.5, 0.6) is 0 Å². The Morgan fingerprint density at radius 2 is 1.81 bits per heavy atom. The molecule has 0 unspecified atom stereocenters. The predicted molar refractivity (Wildman–Crippen MR) is 86.5 cm³/mol. The molecule has 0 fully saturated rings. The zero-order chi connectivity index (χ0) is 15.6. The lowest BCUT2D eigenvalue weighted by Crippen LogP contribution is -2.15. The van der Waals surface area contributed by atoms with Crippen molar-refractivity contribution in [2.75, 3.05) is 11.1 Å². The van der Waals surface area contributed by atoms with Gasteiger partial charge in [-0.1, -0.05) is 11.6 Å². The monoisotopic (exact) mass is 367 g/mol. The Morgan fingerprint density at radius 3 is 2.48 bits per heavy atom. The molecule has 2 amide bonds. The van der Waals surface area contributed by atoms with Gasteiger partial charge < -0.3 is 16.8 Å². The van der Waals surface area contributed by atoms with Crippen LogP contribution >= 0.6 is 27.5 Å². The van der Waals surface area contributed by atoms with E-state index in [0.29, 0.717) is 21.4 Å². The smallest absolute Gasteiger partial charge is 0.256 e. The third-order valence-electron chi connectivity index (χ3n) is 2.72. The van der Waals surface area contributed by atoms with Gasteiger partial charge in [0.05, 0.1) is 16.1 Å². The van der Waals surface area contributed by atoms with E-state index in [1.54, 1.807) is 24.3 Å². The minimum Gasteiger partial charge on any atom is -0.399 e. The van der Waals surface area contributed by atoms with Gasteiger partial charge >= 0.3 is 0 Å². The van der Waals surface area contributed by atoms with Gasteiger partial charge in [0.2, 0.25) is 5.91 Å². The highest BCUT2D eigenvalue weighted by Gasteiger charge is 2.13. The predicted octanol–water partition coefficient (Wildman–Crippen LogP) is 3.04. The zero-order valence-electron chi connectivity index (χ0n) is 10.7. The highest BCUT2D eigenvalue weighted by atomic mass is 79.9. The Hall–Kier alpha value is -2.05. The van der Waals surface area contributed by atoms with Gasteiger partial charge in [-0.15, -0.1) is 0 Å². The summed E-state index contributed by atoms with van der Waals surface area (Å²) in [6.45, 7) is 0. The Morgan fingerprint density at radius 1 is 1.10 bits per heavy atom. The highest BCUT2D eigenvalue weighted by Crippen LogP contribution is 2.23. The van der Waals surface area contributed by atoms with Gasteiger partial charge in [0.25, 0.3) is 5.91 Å². The average molecular weight is 369 g/mol. The van der Waals surface area contributed by atoms with Crippen LogP contribution in [0.4, 0.5) is 11.4 Å². The number of primary amides is 1. The van der Waals surface area contributed by atoms with E-state index in [9.17, 15) is 9.59 Å². The number of halogens is 2. The molecule has 0 aliphatic rings. The molecule has 0 aliphatic heterocycles. The van der Waals surface area contributed by atoms with Crippen LogP contribution in [-0.2, 0) is 0 Å². The summed E-state index contributed by atoms with van der Waals surface area (Å²) in [5, 5.41) is 2.89. The van der Waals surface area contributed by atoms with E-state index in [2.05, 4.69) is 21.2 Å². The minimum absolute atomic E-state index is 0.140. The summed E-state index contributed by atoms with van der Waals surface area (Å²) >= 11 is 9.14. The second-order valence-corrected chi connectivity index (χ2v) is 5.51. The van der Waals surface area contributed by atoms with Crippen molar-refractivity contribution in [1.82, 2.24) is 0 Å². The first-order chi connectivity index (χ1) is 9.88. The number of anilines is 2. The van der Waals surface area contributed by atoms with Crippen molar-refractivity contribution in [1.29, 1.82) is 0 Å². The lowest BCUT2D eigenvalue weighted by atomic mass is 10.1. The number of hydrogen-bond donors (Lipinski definition) is 3. The van der Waals surface area contributed by atoms with E-state index in [1.807, 2.05) is 0 Å². The fraction of sp³-hybridized carbons (Fsp3) is 0. The maximum absolute atomic E-state index is 12.2. The summed E-state index contributed by atoms with van der Waals surface area (Å²) in [7, 11) is 0. The van der Waals surface area contributed by atoms with E-state index in [1.165, 1.54) is 12.1 Å². The Balaban J connectivity index is 2.29. The maximum atomic E-state index is 12.2. The number of nitrogens with one attached hydrogen (secondary N) is 1. The van der Waals surface area contributed by atoms with Gasteiger partial charge in [0, 0.05) is 15.8 Å². The molecule has 108 valence electrons. The lowest BCUT2D eigenvalue weighted by Gasteiger charge is -2.09. The maximum Gasteiger partial charge on any atom is 0.256 e. The standard InChI is InChI=1S/C14H11BrClN3O2/c15-11-3-1-7(17)5-9(11)14(21)19-8-2-4-12(16)10(6-8)13(18)20/h1-6H,17H2,(H2,18,20)(H,19,21). The van der Waals surface area contributed by atoms with Crippen molar-refractivity contribution < 1.29 is 9.59 Å². The number of rotatable bonds is 3. The number of nitrogens with two attached hydrogens (primary N) is 2. The molecule has 0 bridgehead atoms. The molecule has 5 N–H and O–H groups in total. The van der Waals surface area contributed by atoms with Gasteiger partial charge in [-0.3, -0.25) is 9.59 Å². The number of nitrogen functional groups attached to an aromatic ring is 1. The van der Waals surface area contributed by atoms with Crippen LogP contribution in [0.15, 0.2) is 40.9 Å². The third-order valence-corrected chi connectivity index (χ3v) is 3.75. The summed E-state index contributed by atoms with van der Waals surface area (Å²) in [5.74, 6) is -1.03. The van der Waals surface area contributed by atoms with E-state index >= 15 is 0 Å². The largest absolute Gasteiger partial charge is 0.399 e. The van der Waals surface area contributed by atoms with Crippen molar-refractivity contribution in [2.24, 2.45) is 5.73 Å². The van der Waals surface area contributed by atoms with Crippen LogP contribution in [0.1, 0.15) is 20.7 Å². The first-order valence-electron chi connectivity index (χ1n) is 5.84. The number of carbonyl (C=O) groups excluding carboxylic acids is 2. The SMILES string of the molecule is NC(=O)c1cc(NC(=O)c2cc(N)ccc2Br)ccc1Cl. The molecule has 21 heavy (non-hydrogen) atoms. The zero-order valence-corrected chi connectivity index (χ0v) is 13.0. The van der Waals surface area contributed by atoms with Gasteiger partial charge in [-0.05, 0) is 52.3 Å². The van der Waals surface area contributed by atoms with Crippen molar-refractivity contribution in [3.63, 3.8) is 0 Å². The third kappa shape index (κ3) is 3.53. The molecule has 0 radical (unpaired) electrons. The fourth-order valence-corrected chi connectivity index (χ4v) is 2.34. The summed E-state index contributed by atoms with van der Waals surface area (Å²) in [4.78, 5) is 23.4. The number of benzene rings is 2. The van der Waals surface area contributed by atoms with E-state index in [4.69, 9.17) is 23.1 Å². The molecule has 0 atom stereocenters. The quantitative estimate of drug-likeness (QED) is 0.726. The molecule has 0 saturated heterocycles. The Kier molecular flexibility index (Phi) is 4.50. The minimum atomic E-state index is -0.666. The number of carbonyl (C=O) groups is 2. The summed E-state index contributed by atoms with van der Waals surface area (Å²) in [5.41, 5.74) is 12.3. The summed E-state index contributed by atoms with van der Waals surface area (Å²) < 4.78 is 0.610. The molecular formula is C14H11BrClN3O2. The number of amides is 2. The second-order valence-electron chi connectivity index (χ2n) is 4.25. The van der Waals surface area contributed by atoms with Gasteiger partial charge in [-0.25, -0.2) is 0 Å². The van der Waals surface area contributed by atoms with Crippen LogP contribution in [0.2, 0.25) is 5.02 Å². The molecule has 0 heterocycles. The topological polar surface area (TPSA) is 98.2 Å². The fourth-order valence-electron chi connectivity index (χ4n) is 1.71. The molecule has 0 saturated carbocycles. The molecule has 0 spiro atoms. The summed E-state index contributed by atoms with van der Waals surface area (Å²) in [6.07, 6.45) is 0. The van der Waals surface area contributed by atoms with Crippen molar-refractivity contribution >= 4 is 50.7 Å². The normalized spacial score (nSPS) is 10.2. The van der Waals surface area contributed by atoms with E-state index in [-0.39, 0.29) is 16.5 Å². The van der Waals surface area contributed by atoms with Gasteiger partial charge in [0.1, 0.15) is 0 Å². The molecular weight excluding hydrogens is 358 g/mol. The second kappa shape index (κ2) is 6.15. The van der Waals surface area contributed by atoms with Crippen molar-refractivity contribution in [3.05, 3.63) is 57.0 Å². The number of hydrogen-bond acceptors (Lipinski definition) is 3. The van der Waals surface area contributed by atoms with Crippen LogP contribution in [-0.4, -0.2) is 11.8 Å². The van der Waals surface area contributed by atoms with Crippen LogP contribution in [0.3, 0.4) is 0 Å². The van der Waals surface area contributed by atoms with Gasteiger partial charge in [-0.2, -0.15) is 0 Å². The average Bonchev–Trinajstić information content (AvgIpc) is 2.43. The highest BCUT2D eigenvalue weighted by molar-refractivity contribution is 9.10. The van der Waals surface area contributed by atoms with E-state index < -0.39 is 5.91 Å². The van der Waals surface area contributed by atoms with E-state index in [0.717, 1.165) is 0 Å². The molecule has 7 heteroatoms. The van der Waals surface area contributed by atoms with Gasteiger partial charge in [0.15, 0.2) is 0 Å².